The highest BCUT2D eigenvalue weighted by atomic mass is 16.1. The topological polar surface area (TPSA) is 82.9 Å². The number of aromatic nitrogens is 5. The van der Waals surface area contributed by atoms with E-state index in [-0.39, 0.29) is 17.1 Å². The molecule has 0 saturated carbocycles. The molecular weight excluding hydrogens is 402 g/mol. The van der Waals surface area contributed by atoms with Crippen LogP contribution in [0.2, 0.25) is 0 Å². The zero-order chi connectivity index (χ0) is 23.0. The van der Waals surface area contributed by atoms with Crippen molar-refractivity contribution in [1.29, 1.82) is 0 Å². The molecule has 0 aliphatic carbocycles. The number of aromatic amines is 1. The number of tetrazole rings is 1. The monoisotopic (exact) mass is 437 g/mol. The van der Waals surface area contributed by atoms with Crippen LogP contribution < -0.4 is 5.56 Å². The summed E-state index contributed by atoms with van der Waals surface area (Å²) in [6, 6.07) is 5.93. The lowest BCUT2D eigenvalue weighted by atomic mass is 9.98. The molecule has 0 radical (unpaired) electrons. The molecule has 3 aromatic rings. The van der Waals surface area contributed by atoms with E-state index in [1.54, 1.807) is 0 Å². The zero-order valence-corrected chi connectivity index (χ0v) is 20.1. The van der Waals surface area contributed by atoms with E-state index < -0.39 is 0 Å². The van der Waals surface area contributed by atoms with Crippen molar-refractivity contribution in [2.75, 3.05) is 32.7 Å². The molecule has 0 bridgehead atoms. The zero-order valence-electron chi connectivity index (χ0n) is 20.1. The lowest BCUT2D eigenvalue weighted by Gasteiger charge is -2.39. The Hall–Kier alpha value is -2.58. The number of hydrogen-bond donors (Lipinski definition) is 1. The predicted molar refractivity (Wildman–Crippen MR) is 127 cm³/mol. The number of likely N-dealkylation sites (N-methyl/N-ethyl adjacent to an activating group) is 1. The van der Waals surface area contributed by atoms with E-state index in [0.717, 1.165) is 61.4 Å². The van der Waals surface area contributed by atoms with Crippen LogP contribution in [0.15, 0.2) is 23.0 Å². The number of nitrogens with one attached hydrogen (secondary N) is 1. The van der Waals surface area contributed by atoms with Gasteiger partial charge in [0.2, 0.25) is 0 Å². The first-order chi connectivity index (χ1) is 15.3. The molecule has 0 spiro atoms. The van der Waals surface area contributed by atoms with Crippen LogP contribution in [0, 0.1) is 13.8 Å². The second-order valence-electron chi connectivity index (χ2n) is 9.51. The number of hydrogen-bond acceptors (Lipinski definition) is 6. The van der Waals surface area contributed by atoms with Crippen LogP contribution in [0.1, 0.15) is 62.7 Å². The SMILES string of the molecule is CCN1CCN([C@H](c2cc3ccc(C)c(C)c3[nH]c2=O)c2nnnn2C(C)(C)CC)CC1. The van der Waals surface area contributed by atoms with Crippen LogP contribution in [-0.2, 0) is 5.54 Å². The molecule has 0 amide bonds. The summed E-state index contributed by atoms with van der Waals surface area (Å²) in [6.07, 6.45) is 0.883. The van der Waals surface area contributed by atoms with E-state index in [1.807, 2.05) is 10.7 Å². The van der Waals surface area contributed by atoms with Crippen molar-refractivity contribution in [3.05, 3.63) is 51.1 Å². The number of pyridine rings is 1. The van der Waals surface area contributed by atoms with Crippen molar-refractivity contribution in [3.63, 3.8) is 0 Å². The first-order valence-electron chi connectivity index (χ1n) is 11.6. The van der Waals surface area contributed by atoms with Crippen molar-refractivity contribution in [2.45, 2.75) is 59.5 Å². The third kappa shape index (κ3) is 3.97. The fraction of sp³-hybridized carbons (Fsp3) is 0.583. The van der Waals surface area contributed by atoms with Gasteiger partial charge in [0.15, 0.2) is 5.82 Å². The largest absolute Gasteiger partial charge is 0.321 e. The molecule has 1 aromatic carbocycles. The molecule has 8 nitrogen and oxygen atoms in total. The van der Waals surface area contributed by atoms with Crippen molar-refractivity contribution in [1.82, 2.24) is 35.0 Å². The Balaban J connectivity index is 1.88. The van der Waals surface area contributed by atoms with E-state index in [0.29, 0.717) is 5.56 Å². The number of fused-ring (bicyclic) bond motifs is 1. The standard InChI is InChI=1S/C24H35N7O/c1-7-24(5,6)31-22(26-27-28-31)21(30-13-11-29(8-2)12-14-30)19-15-18-10-9-16(3)17(4)20(18)25-23(19)32/h9-10,15,21H,7-8,11-14H2,1-6H3,(H,25,32)/t21-/m1/s1. The van der Waals surface area contributed by atoms with Crippen LogP contribution in [0.4, 0.5) is 0 Å². The number of benzene rings is 1. The minimum Gasteiger partial charge on any atom is -0.321 e. The highest BCUT2D eigenvalue weighted by molar-refractivity contribution is 5.83. The van der Waals surface area contributed by atoms with Crippen LogP contribution >= 0.6 is 0 Å². The van der Waals surface area contributed by atoms with Gasteiger partial charge in [0, 0.05) is 31.7 Å². The second kappa shape index (κ2) is 8.75. The molecule has 4 rings (SSSR count). The van der Waals surface area contributed by atoms with Gasteiger partial charge in [0.05, 0.1) is 11.1 Å². The van der Waals surface area contributed by atoms with Crippen LogP contribution in [0.5, 0.6) is 0 Å². The number of rotatable bonds is 6. The lowest BCUT2D eigenvalue weighted by molar-refractivity contribution is 0.105. The fourth-order valence-electron chi connectivity index (χ4n) is 4.53. The normalized spacial score (nSPS) is 17.2. The molecule has 1 fully saturated rings. The average molecular weight is 438 g/mol. The number of nitrogens with zero attached hydrogens (tertiary/aromatic N) is 6. The summed E-state index contributed by atoms with van der Waals surface area (Å²) in [6.45, 7) is 17.4. The summed E-state index contributed by atoms with van der Waals surface area (Å²) in [4.78, 5) is 21.4. The Morgan fingerprint density at radius 2 is 1.84 bits per heavy atom. The van der Waals surface area contributed by atoms with Crippen molar-refractivity contribution in [3.8, 4) is 0 Å². The first kappa shape index (κ1) is 22.6. The second-order valence-corrected chi connectivity index (χ2v) is 9.51. The van der Waals surface area contributed by atoms with Crippen LogP contribution in [0.25, 0.3) is 10.9 Å². The van der Waals surface area contributed by atoms with Gasteiger partial charge in [0.1, 0.15) is 6.04 Å². The number of H-pyrrole nitrogens is 1. The molecule has 1 saturated heterocycles. The molecule has 32 heavy (non-hydrogen) atoms. The summed E-state index contributed by atoms with van der Waals surface area (Å²) in [5.41, 5.74) is 3.56. The number of piperazine rings is 1. The average Bonchev–Trinajstić information content (AvgIpc) is 3.28. The summed E-state index contributed by atoms with van der Waals surface area (Å²) < 4.78 is 1.91. The van der Waals surface area contributed by atoms with Gasteiger partial charge in [-0.3, -0.25) is 9.69 Å². The molecule has 8 heteroatoms. The Bertz CT molecular complexity index is 1150. The van der Waals surface area contributed by atoms with Gasteiger partial charge in [-0.1, -0.05) is 26.0 Å². The summed E-state index contributed by atoms with van der Waals surface area (Å²) in [5.74, 6) is 0.732. The van der Waals surface area contributed by atoms with E-state index in [1.165, 1.54) is 5.56 Å². The van der Waals surface area contributed by atoms with Gasteiger partial charge in [-0.25, -0.2) is 4.68 Å². The molecule has 2 aromatic heterocycles. The molecule has 1 aliphatic heterocycles. The van der Waals surface area contributed by atoms with Crippen LogP contribution in [0.3, 0.4) is 0 Å². The maximum Gasteiger partial charge on any atom is 0.253 e. The third-order valence-corrected chi connectivity index (χ3v) is 7.27. The molecular formula is C24H35N7O. The Kier molecular flexibility index (Phi) is 6.18. The molecule has 172 valence electrons. The maximum atomic E-state index is 13.5. The maximum absolute atomic E-state index is 13.5. The van der Waals surface area contributed by atoms with E-state index in [9.17, 15) is 4.79 Å². The highest BCUT2D eigenvalue weighted by Crippen LogP contribution is 2.31. The van der Waals surface area contributed by atoms with Gasteiger partial charge in [-0.15, -0.1) is 5.10 Å². The minimum atomic E-state index is -0.301. The van der Waals surface area contributed by atoms with Gasteiger partial charge in [-0.2, -0.15) is 0 Å². The lowest BCUT2D eigenvalue weighted by Crippen LogP contribution is -2.49. The third-order valence-electron chi connectivity index (χ3n) is 7.27. The van der Waals surface area contributed by atoms with E-state index in [4.69, 9.17) is 0 Å². The van der Waals surface area contributed by atoms with Gasteiger partial charge in [0.25, 0.3) is 5.56 Å². The Morgan fingerprint density at radius 1 is 1.12 bits per heavy atom. The van der Waals surface area contributed by atoms with Gasteiger partial charge < -0.3 is 9.88 Å². The minimum absolute atomic E-state index is 0.0713. The quantitative estimate of drug-likeness (QED) is 0.638. The predicted octanol–water partition coefficient (Wildman–Crippen LogP) is 3.00. The Morgan fingerprint density at radius 3 is 2.50 bits per heavy atom. The molecule has 1 N–H and O–H groups in total. The molecule has 1 aliphatic rings. The first-order valence-corrected chi connectivity index (χ1v) is 11.6. The van der Waals surface area contributed by atoms with Crippen molar-refractivity contribution in [2.24, 2.45) is 0 Å². The van der Waals surface area contributed by atoms with Gasteiger partial charge in [-0.05, 0) is 73.7 Å². The highest BCUT2D eigenvalue weighted by Gasteiger charge is 2.35. The smallest absolute Gasteiger partial charge is 0.253 e. The fourth-order valence-corrected chi connectivity index (χ4v) is 4.53. The summed E-state index contributed by atoms with van der Waals surface area (Å²) in [7, 11) is 0. The van der Waals surface area contributed by atoms with Crippen molar-refractivity contribution >= 4 is 10.9 Å². The van der Waals surface area contributed by atoms with Gasteiger partial charge >= 0.3 is 0 Å². The number of aryl methyl sites for hydroxylation is 2. The van der Waals surface area contributed by atoms with Crippen molar-refractivity contribution < 1.29 is 0 Å². The van der Waals surface area contributed by atoms with E-state index in [2.05, 4.69) is 84.0 Å². The summed E-state index contributed by atoms with van der Waals surface area (Å²) in [5, 5.41) is 13.9. The molecule has 0 unspecified atom stereocenters. The Labute approximate surface area is 189 Å². The molecule has 3 heterocycles. The molecule has 1 atom stereocenters. The van der Waals surface area contributed by atoms with E-state index >= 15 is 0 Å². The van der Waals surface area contributed by atoms with Crippen LogP contribution in [-0.4, -0.2) is 67.7 Å². The summed E-state index contributed by atoms with van der Waals surface area (Å²) >= 11 is 0.